The number of hydrogen-bond acceptors (Lipinski definition) is 3. The fraction of sp³-hybridized carbons (Fsp3) is 0.412. The third kappa shape index (κ3) is 3.52. The first-order valence-corrected chi connectivity index (χ1v) is 8.05. The molecule has 1 saturated carbocycles. The third-order valence-electron chi connectivity index (χ3n) is 4.80. The molecule has 0 aliphatic heterocycles. The molecule has 1 fully saturated rings. The number of anilines is 1. The number of alkyl halides is 3. The zero-order chi connectivity index (χ0) is 19.1. The summed E-state index contributed by atoms with van der Waals surface area (Å²) >= 11 is 0. The number of carbonyl (C=O) groups excluding carboxylic acids is 1. The van der Waals surface area contributed by atoms with Crippen molar-refractivity contribution in [3.63, 3.8) is 0 Å². The summed E-state index contributed by atoms with van der Waals surface area (Å²) < 4.78 is 39.6. The van der Waals surface area contributed by atoms with Gasteiger partial charge in [-0.15, -0.1) is 0 Å². The van der Waals surface area contributed by atoms with Gasteiger partial charge in [0.2, 0.25) is 0 Å². The highest BCUT2D eigenvalue weighted by Gasteiger charge is 2.48. The minimum Gasteiger partial charge on any atom is -0.392 e. The van der Waals surface area contributed by atoms with E-state index >= 15 is 0 Å². The number of aromatic nitrogens is 2. The number of halogens is 3. The first-order chi connectivity index (χ1) is 12.1. The summed E-state index contributed by atoms with van der Waals surface area (Å²) in [5.74, 6) is 0. The predicted molar refractivity (Wildman–Crippen MR) is 88.9 cm³/mol. The van der Waals surface area contributed by atoms with Crippen molar-refractivity contribution in [2.24, 2.45) is 5.41 Å². The Balaban J connectivity index is 1.66. The van der Waals surface area contributed by atoms with Crippen molar-refractivity contribution in [3.05, 3.63) is 42.2 Å². The average Bonchev–Trinajstić information content (AvgIpc) is 3.02. The second kappa shape index (κ2) is 6.31. The van der Waals surface area contributed by atoms with Crippen LogP contribution in [0.4, 0.5) is 23.7 Å². The number of nitrogens with zero attached hydrogens (tertiary/aromatic N) is 2. The van der Waals surface area contributed by atoms with Gasteiger partial charge in [0.05, 0.1) is 35.4 Å². The van der Waals surface area contributed by atoms with Gasteiger partial charge in [0.1, 0.15) is 0 Å². The van der Waals surface area contributed by atoms with E-state index in [4.69, 9.17) is 0 Å². The van der Waals surface area contributed by atoms with Crippen LogP contribution >= 0.6 is 0 Å². The lowest BCUT2D eigenvalue weighted by Gasteiger charge is -2.49. The van der Waals surface area contributed by atoms with E-state index in [1.54, 1.807) is 0 Å². The molecular weight excluding hydrogens is 349 g/mol. The number of rotatable bonds is 3. The summed E-state index contributed by atoms with van der Waals surface area (Å²) in [6.45, 7) is 3.72. The Hall–Kier alpha value is -2.55. The molecule has 26 heavy (non-hydrogen) atoms. The lowest BCUT2D eigenvalue weighted by Crippen LogP contribution is -2.61. The fourth-order valence-corrected chi connectivity index (χ4v) is 2.83. The van der Waals surface area contributed by atoms with Crippen LogP contribution in [0.3, 0.4) is 0 Å². The molecule has 2 amide bonds. The van der Waals surface area contributed by atoms with Gasteiger partial charge in [-0.25, -0.2) is 9.48 Å². The second-order valence-electron chi connectivity index (χ2n) is 6.95. The van der Waals surface area contributed by atoms with Gasteiger partial charge in [0.25, 0.3) is 0 Å². The number of carbonyl (C=O) groups is 1. The van der Waals surface area contributed by atoms with Crippen LogP contribution in [0.2, 0.25) is 0 Å². The summed E-state index contributed by atoms with van der Waals surface area (Å²) in [7, 11) is 0. The second-order valence-corrected chi connectivity index (χ2v) is 6.95. The van der Waals surface area contributed by atoms with Crippen LogP contribution in [-0.4, -0.2) is 33.1 Å². The molecule has 0 radical (unpaired) electrons. The predicted octanol–water partition coefficient (Wildman–Crippen LogP) is 3.17. The Kier molecular flexibility index (Phi) is 4.43. The molecule has 0 saturated heterocycles. The molecule has 2 unspecified atom stereocenters. The topological polar surface area (TPSA) is 79.2 Å². The van der Waals surface area contributed by atoms with E-state index in [0.29, 0.717) is 12.1 Å². The van der Waals surface area contributed by atoms with E-state index < -0.39 is 29.3 Å². The summed E-state index contributed by atoms with van der Waals surface area (Å²) in [5.41, 5.74) is -0.600. The molecule has 1 aromatic heterocycles. The third-order valence-corrected chi connectivity index (χ3v) is 4.80. The number of hydrogen-bond donors (Lipinski definition) is 3. The summed E-state index contributed by atoms with van der Waals surface area (Å²) in [6, 6.07) is 4.13. The minimum atomic E-state index is -4.44. The lowest BCUT2D eigenvalue weighted by molar-refractivity contribution is -0.137. The Bertz CT molecular complexity index is 816. The summed E-state index contributed by atoms with van der Waals surface area (Å²) in [4.78, 5) is 12.1. The van der Waals surface area contributed by atoms with Crippen molar-refractivity contribution >= 4 is 11.7 Å². The van der Waals surface area contributed by atoms with Gasteiger partial charge >= 0.3 is 12.2 Å². The molecule has 1 aliphatic rings. The first-order valence-electron chi connectivity index (χ1n) is 8.05. The van der Waals surface area contributed by atoms with E-state index in [-0.39, 0.29) is 11.7 Å². The van der Waals surface area contributed by atoms with Crippen LogP contribution in [0.25, 0.3) is 5.69 Å². The number of nitrogens with one attached hydrogen (secondary N) is 2. The van der Waals surface area contributed by atoms with E-state index in [1.807, 2.05) is 13.8 Å². The van der Waals surface area contributed by atoms with Crippen LogP contribution in [0.5, 0.6) is 0 Å². The van der Waals surface area contributed by atoms with Gasteiger partial charge < -0.3 is 15.7 Å². The van der Waals surface area contributed by atoms with Crippen molar-refractivity contribution < 1.29 is 23.1 Å². The van der Waals surface area contributed by atoms with E-state index in [0.717, 1.165) is 12.1 Å². The van der Waals surface area contributed by atoms with Crippen molar-refractivity contribution in [3.8, 4) is 5.69 Å². The normalized spacial score (nSPS) is 21.8. The van der Waals surface area contributed by atoms with Crippen LogP contribution in [0.15, 0.2) is 36.7 Å². The molecule has 1 aromatic carbocycles. The SMILES string of the molecule is CC1(C)C(O)CC1NC(=O)Nc1cnn(-c2cccc(C(F)(F)F)c2)c1. The van der Waals surface area contributed by atoms with Gasteiger partial charge in [-0.3, -0.25) is 0 Å². The minimum absolute atomic E-state index is 0.156. The molecule has 3 N–H and O–H groups in total. The van der Waals surface area contributed by atoms with Gasteiger partial charge in [-0.2, -0.15) is 18.3 Å². The maximum atomic E-state index is 12.8. The Morgan fingerprint density at radius 3 is 2.73 bits per heavy atom. The Morgan fingerprint density at radius 1 is 1.38 bits per heavy atom. The maximum Gasteiger partial charge on any atom is 0.416 e. The summed E-state index contributed by atoms with van der Waals surface area (Å²) in [6.07, 6.45) is -1.65. The first kappa shape index (κ1) is 18.2. The number of urea groups is 1. The highest BCUT2D eigenvalue weighted by atomic mass is 19.4. The van der Waals surface area contributed by atoms with Crippen LogP contribution in [0.1, 0.15) is 25.8 Å². The zero-order valence-corrected chi connectivity index (χ0v) is 14.2. The molecule has 140 valence electrons. The van der Waals surface area contributed by atoms with E-state index in [2.05, 4.69) is 15.7 Å². The number of aliphatic hydroxyl groups excluding tert-OH is 1. The number of benzene rings is 1. The lowest BCUT2D eigenvalue weighted by atomic mass is 9.65. The number of amides is 2. The molecule has 9 heteroatoms. The number of aliphatic hydroxyl groups is 1. The van der Waals surface area contributed by atoms with Gasteiger partial charge in [-0.05, 0) is 24.6 Å². The molecule has 3 rings (SSSR count). The molecule has 0 bridgehead atoms. The van der Waals surface area contributed by atoms with Crippen molar-refractivity contribution in [1.29, 1.82) is 0 Å². The van der Waals surface area contributed by atoms with Gasteiger partial charge in [0, 0.05) is 11.5 Å². The highest BCUT2D eigenvalue weighted by molar-refractivity contribution is 5.89. The molecule has 1 heterocycles. The van der Waals surface area contributed by atoms with Gasteiger partial charge in [0.15, 0.2) is 0 Å². The molecule has 2 atom stereocenters. The maximum absolute atomic E-state index is 12.8. The standard InChI is InChI=1S/C17H19F3N4O2/c1-16(2)13(7-14(16)25)23-15(26)22-11-8-21-24(9-11)12-5-3-4-10(6-12)17(18,19)20/h3-6,8-9,13-14,25H,7H2,1-2H3,(H2,22,23,26). The Morgan fingerprint density at radius 2 is 2.12 bits per heavy atom. The molecule has 2 aromatic rings. The van der Waals surface area contributed by atoms with E-state index in [9.17, 15) is 23.1 Å². The molecular formula is C17H19F3N4O2. The quantitative estimate of drug-likeness (QED) is 0.779. The van der Waals surface area contributed by atoms with Crippen LogP contribution < -0.4 is 10.6 Å². The molecule has 1 aliphatic carbocycles. The molecule has 6 nitrogen and oxygen atoms in total. The fourth-order valence-electron chi connectivity index (χ4n) is 2.83. The largest absolute Gasteiger partial charge is 0.416 e. The van der Waals surface area contributed by atoms with Gasteiger partial charge in [-0.1, -0.05) is 19.9 Å². The Labute approximate surface area is 148 Å². The summed E-state index contributed by atoms with van der Waals surface area (Å²) in [5, 5.41) is 19.0. The highest BCUT2D eigenvalue weighted by Crippen LogP contribution is 2.40. The van der Waals surface area contributed by atoms with Crippen molar-refractivity contribution in [2.75, 3.05) is 5.32 Å². The van der Waals surface area contributed by atoms with Crippen LogP contribution in [-0.2, 0) is 6.18 Å². The van der Waals surface area contributed by atoms with Crippen LogP contribution in [0, 0.1) is 5.41 Å². The zero-order valence-electron chi connectivity index (χ0n) is 14.2. The molecule has 0 spiro atoms. The average molecular weight is 368 g/mol. The van der Waals surface area contributed by atoms with Crippen molar-refractivity contribution in [2.45, 2.75) is 38.6 Å². The van der Waals surface area contributed by atoms with Crippen molar-refractivity contribution in [1.82, 2.24) is 15.1 Å². The van der Waals surface area contributed by atoms with E-state index in [1.165, 1.54) is 29.2 Å². The monoisotopic (exact) mass is 368 g/mol. The smallest absolute Gasteiger partial charge is 0.392 e.